The van der Waals surface area contributed by atoms with Gasteiger partial charge in [0, 0.05) is 25.7 Å². The van der Waals surface area contributed by atoms with E-state index in [0.717, 1.165) is 28.2 Å². The summed E-state index contributed by atoms with van der Waals surface area (Å²) in [4.78, 5) is 5.02. The smallest absolute Gasteiger partial charge is 0.209 e. The lowest BCUT2D eigenvalue weighted by Crippen LogP contribution is -2.54. The number of piperazine rings is 1. The van der Waals surface area contributed by atoms with Crippen molar-refractivity contribution in [3.05, 3.63) is 3.92 Å². The van der Waals surface area contributed by atoms with Crippen LogP contribution in [0.15, 0.2) is 3.92 Å². The third-order valence-electron chi connectivity index (χ3n) is 3.50. The lowest BCUT2D eigenvalue weighted by molar-refractivity contribution is 0.133. The van der Waals surface area contributed by atoms with Gasteiger partial charge in [0.05, 0.1) is 0 Å². The zero-order valence-corrected chi connectivity index (χ0v) is 11.5. The maximum absolute atomic E-state index is 4.21. The number of fused-ring (bicyclic) bond motifs is 1. The van der Waals surface area contributed by atoms with E-state index in [4.69, 9.17) is 0 Å². The maximum atomic E-state index is 4.21. The van der Waals surface area contributed by atoms with Crippen LogP contribution in [-0.2, 0) is 0 Å². The van der Waals surface area contributed by atoms with Gasteiger partial charge in [-0.1, -0.05) is 17.8 Å². The molecule has 0 aliphatic carbocycles. The highest BCUT2D eigenvalue weighted by Crippen LogP contribution is 2.28. The number of halogens is 1. The summed E-state index contributed by atoms with van der Waals surface area (Å²) in [6.45, 7) is 4.69. The molecule has 0 amide bonds. The first kappa shape index (κ1) is 10.9. The molecule has 2 fully saturated rings. The van der Waals surface area contributed by atoms with Crippen LogP contribution in [0.3, 0.4) is 0 Å². The summed E-state index contributed by atoms with van der Waals surface area (Å²) in [6, 6.07) is 0.741. The molecular formula is C10H15BrN4S. The predicted octanol–water partition coefficient (Wildman–Crippen LogP) is 1.98. The van der Waals surface area contributed by atoms with Crippen LogP contribution in [0.4, 0.5) is 5.13 Å². The van der Waals surface area contributed by atoms with E-state index in [2.05, 4.69) is 35.9 Å². The molecular weight excluding hydrogens is 288 g/mol. The molecule has 1 atom stereocenters. The van der Waals surface area contributed by atoms with Crippen LogP contribution in [0.25, 0.3) is 0 Å². The lowest BCUT2D eigenvalue weighted by Gasteiger charge is -2.43. The molecule has 2 aliphatic rings. The average molecular weight is 303 g/mol. The van der Waals surface area contributed by atoms with E-state index >= 15 is 0 Å². The van der Waals surface area contributed by atoms with Gasteiger partial charge in [-0.15, -0.1) is 10.2 Å². The van der Waals surface area contributed by atoms with Crippen molar-refractivity contribution in [2.75, 3.05) is 31.1 Å². The summed E-state index contributed by atoms with van der Waals surface area (Å²) in [5.41, 5.74) is 0. The molecule has 0 saturated carbocycles. The van der Waals surface area contributed by atoms with Crippen molar-refractivity contribution in [1.29, 1.82) is 0 Å². The Bertz CT molecular complexity index is 369. The van der Waals surface area contributed by atoms with Crippen molar-refractivity contribution in [1.82, 2.24) is 15.1 Å². The van der Waals surface area contributed by atoms with E-state index < -0.39 is 0 Å². The summed E-state index contributed by atoms with van der Waals surface area (Å²) in [7, 11) is 0. The third-order valence-corrected chi connectivity index (χ3v) is 4.91. The Morgan fingerprint density at radius 2 is 2.12 bits per heavy atom. The first-order valence-electron chi connectivity index (χ1n) is 5.81. The SMILES string of the molecule is Brc1nnc(N2CCN3CCCCC3C2)s1. The normalized spacial score (nSPS) is 26.8. The van der Waals surface area contributed by atoms with Gasteiger partial charge in [0.2, 0.25) is 5.13 Å². The standard InChI is InChI=1S/C10H15BrN4S/c11-9-12-13-10(16-9)15-6-5-14-4-2-1-3-8(14)7-15/h8H,1-7H2. The molecule has 6 heteroatoms. The van der Waals surface area contributed by atoms with E-state index in [-0.39, 0.29) is 0 Å². The fourth-order valence-electron chi connectivity index (χ4n) is 2.66. The van der Waals surface area contributed by atoms with Gasteiger partial charge >= 0.3 is 0 Å². The molecule has 4 nitrogen and oxygen atoms in total. The van der Waals surface area contributed by atoms with Gasteiger partial charge in [-0.25, -0.2) is 0 Å². The Labute approximate surface area is 108 Å². The number of anilines is 1. The van der Waals surface area contributed by atoms with Crippen molar-refractivity contribution < 1.29 is 0 Å². The summed E-state index contributed by atoms with van der Waals surface area (Å²) in [6.07, 6.45) is 4.10. The third kappa shape index (κ3) is 2.10. The molecule has 88 valence electrons. The van der Waals surface area contributed by atoms with Gasteiger partial charge in [-0.3, -0.25) is 4.90 Å². The van der Waals surface area contributed by atoms with Crippen molar-refractivity contribution in [3.63, 3.8) is 0 Å². The van der Waals surface area contributed by atoms with E-state index in [9.17, 15) is 0 Å². The van der Waals surface area contributed by atoms with E-state index in [1.165, 1.54) is 32.4 Å². The summed E-state index contributed by atoms with van der Waals surface area (Å²) < 4.78 is 0.883. The van der Waals surface area contributed by atoms with Crippen molar-refractivity contribution in [2.24, 2.45) is 0 Å². The van der Waals surface area contributed by atoms with Crippen molar-refractivity contribution in [2.45, 2.75) is 25.3 Å². The monoisotopic (exact) mass is 302 g/mol. The molecule has 3 heterocycles. The van der Waals surface area contributed by atoms with Crippen LogP contribution >= 0.6 is 27.3 Å². The van der Waals surface area contributed by atoms with Crippen molar-refractivity contribution >= 4 is 32.4 Å². The molecule has 1 unspecified atom stereocenters. The summed E-state index contributed by atoms with van der Waals surface area (Å²) >= 11 is 5.01. The topological polar surface area (TPSA) is 32.3 Å². The number of piperidine rings is 1. The van der Waals surface area contributed by atoms with Crippen LogP contribution < -0.4 is 4.90 Å². The summed E-state index contributed by atoms with van der Waals surface area (Å²) in [5, 5.41) is 9.30. The fourth-order valence-corrected chi connectivity index (χ4v) is 3.78. The van der Waals surface area contributed by atoms with Crippen LogP contribution in [0.1, 0.15) is 19.3 Å². The second-order valence-corrected chi connectivity index (χ2v) is 6.70. The minimum atomic E-state index is 0.741. The second kappa shape index (κ2) is 4.58. The molecule has 2 aliphatic heterocycles. The molecule has 0 spiro atoms. The molecule has 0 N–H and O–H groups in total. The van der Waals surface area contributed by atoms with E-state index in [1.54, 1.807) is 11.3 Å². The lowest BCUT2D eigenvalue weighted by atomic mass is 10.00. The Balaban J connectivity index is 1.70. The van der Waals surface area contributed by atoms with Gasteiger partial charge in [-0.05, 0) is 35.3 Å². The molecule has 16 heavy (non-hydrogen) atoms. The first-order valence-corrected chi connectivity index (χ1v) is 7.42. The van der Waals surface area contributed by atoms with Gasteiger partial charge in [0.1, 0.15) is 0 Å². The largest absolute Gasteiger partial charge is 0.344 e. The highest BCUT2D eigenvalue weighted by Gasteiger charge is 2.30. The maximum Gasteiger partial charge on any atom is 0.209 e. The van der Waals surface area contributed by atoms with E-state index in [1.807, 2.05) is 0 Å². The minimum absolute atomic E-state index is 0.741. The van der Waals surface area contributed by atoms with Gasteiger partial charge < -0.3 is 4.90 Å². The van der Waals surface area contributed by atoms with Crippen molar-refractivity contribution in [3.8, 4) is 0 Å². The molecule has 0 aromatic carbocycles. The first-order chi connectivity index (χ1) is 7.83. The number of nitrogens with zero attached hydrogens (tertiary/aromatic N) is 4. The molecule has 1 aromatic heterocycles. The zero-order chi connectivity index (χ0) is 11.0. The van der Waals surface area contributed by atoms with Crippen LogP contribution in [-0.4, -0.2) is 47.3 Å². The van der Waals surface area contributed by atoms with Crippen LogP contribution in [0.5, 0.6) is 0 Å². The van der Waals surface area contributed by atoms with Crippen LogP contribution in [0.2, 0.25) is 0 Å². The fraction of sp³-hybridized carbons (Fsp3) is 0.800. The zero-order valence-electron chi connectivity index (χ0n) is 9.10. The quantitative estimate of drug-likeness (QED) is 0.794. The number of aromatic nitrogens is 2. The van der Waals surface area contributed by atoms with Gasteiger partial charge in [0.15, 0.2) is 3.92 Å². The molecule has 0 bridgehead atoms. The Hall–Kier alpha value is -0.200. The average Bonchev–Trinajstić information content (AvgIpc) is 2.75. The van der Waals surface area contributed by atoms with E-state index in [0.29, 0.717) is 0 Å². The Kier molecular flexibility index (Phi) is 3.13. The Morgan fingerprint density at radius 1 is 1.19 bits per heavy atom. The summed E-state index contributed by atoms with van der Waals surface area (Å²) in [5.74, 6) is 0. The highest BCUT2D eigenvalue weighted by molar-refractivity contribution is 9.11. The van der Waals surface area contributed by atoms with Crippen LogP contribution in [0, 0.1) is 0 Å². The Morgan fingerprint density at radius 3 is 2.94 bits per heavy atom. The molecule has 3 rings (SSSR count). The van der Waals surface area contributed by atoms with Gasteiger partial charge in [0.25, 0.3) is 0 Å². The number of hydrogen-bond acceptors (Lipinski definition) is 5. The number of hydrogen-bond donors (Lipinski definition) is 0. The second-order valence-electron chi connectivity index (χ2n) is 4.47. The molecule has 2 saturated heterocycles. The predicted molar refractivity (Wildman–Crippen MR) is 69.0 cm³/mol. The molecule has 0 radical (unpaired) electrons. The number of rotatable bonds is 1. The highest BCUT2D eigenvalue weighted by atomic mass is 79.9. The minimum Gasteiger partial charge on any atom is -0.344 e. The van der Waals surface area contributed by atoms with Gasteiger partial charge in [-0.2, -0.15) is 0 Å². The molecule has 1 aromatic rings.